The van der Waals surface area contributed by atoms with Crippen LogP contribution in [0.2, 0.25) is 0 Å². The number of carbonyl (C=O) groups is 1. The predicted molar refractivity (Wildman–Crippen MR) is 179 cm³/mol. The van der Waals surface area contributed by atoms with Crippen LogP contribution in [-0.4, -0.2) is 49.6 Å². The number of aromatic nitrogens is 4. The van der Waals surface area contributed by atoms with Gasteiger partial charge in [-0.3, -0.25) is 4.90 Å². The van der Waals surface area contributed by atoms with Crippen molar-refractivity contribution < 1.29 is 9.53 Å². The Morgan fingerprint density at radius 1 is 0.778 bits per heavy atom. The number of amides is 1. The zero-order valence-electron chi connectivity index (χ0n) is 26.7. The van der Waals surface area contributed by atoms with Crippen LogP contribution in [0.15, 0.2) is 73.1 Å². The van der Waals surface area contributed by atoms with Gasteiger partial charge in [0.2, 0.25) is 0 Å². The number of carbonyl (C=O) groups excluding carboxylic acids is 1. The summed E-state index contributed by atoms with van der Waals surface area (Å²) in [6.45, 7) is 11.8. The van der Waals surface area contributed by atoms with Gasteiger partial charge in [-0.1, -0.05) is 62.4 Å². The molecule has 3 aromatic carbocycles. The van der Waals surface area contributed by atoms with Crippen molar-refractivity contribution in [2.45, 2.75) is 65.1 Å². The molecule has 0 aliphatic carbocycles. The lowest BCUT2D eigenvalue weighted by Crippen LogP contribution is -2.37. The molecule has 4 heterocycles. The summed E-state index contributed by atoms with van der Waals surface area (Å²) in [7, 11) is 0. The summed E-state index contributed by atoms with van der Waals surface area (Å²) in [6.07, 6.45) is 5.50. The predicted octanol–water partition coefficient (Wildman–Crippen LogP) is 8.28. The number of nitrogens with zero attached hydrogens (tertiary/aromatic N) is 3. The number of likely N-dealkylation sites (tertiary alicyclic amines) is 1. The Labute approximate surface area is 264 Å². The van der Waals surface area contributed by atoms with E-state index in [1.54, 1.807) is 0 Å². The summed E-state index contributed by atoms with van der Waals surface area (Å²) in [5, 5.41) is 5.96. The zero-order chi connectivity index (χ0) is 31.3. The highest BCUT2D eigenvalue weighted by molar-refractivity contribution is 5.90. The van der Waals surface area contributed by atoms with E-state index in [0.717, 1.165) is 59.1 Å². The van der Waals surface area contributed by atoms with Crippen LogP contribution < -0.4 is 5.32 Å². The lowest BCUT2D eigenvalue weighted by Gasteiger charge is -2.27. The molecule has 7 rings (SSSR count). The van der Waals surface area contributed by atoms with Crippen LogP contribution in [-0.2, 0) is 4.74 Å². The lowest BCUT2D eigenvalue weighted by molar-refractivity contribution is 0.0214. The molecule has 5 aromatic rings. The van der Waals surface area contributed by atoms with Gasteiger partial charge in [0.05, 0.1) is 35.9 Å². The van der Waals surface area contributed by atoms with Crippen LogP contribution in [0, 0.1) is 11.8 Å². The van der Waals surface area contributed by atoms with E-state index in [0.29, 0.717) is 24.4 Å². The first-order valence-electron chi connectivity index (χ1n) is 16.1. The first kappa shape index (κ1) is 29.3. The van der Waals surface area contributed by atoms with Crippen LogP contribution in [0.3, 0.4) is 0 Å². The minimum Gasteiger partial charge on any atom is -0.444 e. The number of rotatable bonds is 5. The number of aromatic amines is 2. The van der Waals surface area contributed by atoms with E-state index in [1.165, 1.54) is 16.3 Å². The molecule has 8 nitrogen and oxygen atoms in total. The zero-order valence-corrected chi connectivity index (χ0v) is 26.7. The Morgan fingerprint density at radius 3 is 2.07 bits per heavy atom. The van der Waals surface area contributed by atoms with Gasteiger partial charge in [0.1, 0.15) is 17.2 Å². The molecule has 0 radical (unpaired) electrons. The molecule has 2 aliphatic rings. The number of hydrogen-bond acceptors (Lipinski definition) is 5. The van der Waals surface area contributed by atoms with Crippen molar-refractivity contribution in [3.63, 3.8) is 0 Å². The molecular formula is C37H42N6O2. The van der Waals surface area contributed by atoms with Crippen molar-refractivity contribution >= 4 is 16.9 Å². The van der Waals surface area contributed by atoms with Crippen molar-refractivity contribution in [1.29, 1.82) is 0 Å². The summed E-state index contributed by atoms with van der Waals surface area (Å²) in [6, 6.07) is 22.0. The standard InChI is InChI=1S/C37H42N6O2/c1-22-14-30(38-18-22)34-39-20-32(41-34)29-13-12-27-16-26(10-11-28(27)17-29)24-6-8-25(9-7-24)31-19-40-35(42-31)33-15-23(2)21-43(33)36(44)45-37(3,4)5/h6-13,16-17,19-20,22-23,30,33,38H,14-15,18,21H2,1-5H3,(H,39,41)(H,40,42)/t22-,23-,30+,33+/m1/s1. The Hall–Kier alpha value is -4.43. The van der Waals surface area contributed by atoms with E-state index < -0.39 is 5.60 Å². The fourth-order valence-corrected chi connectivity index (χ4v) is 6.70. The van der Waals surface area contributed by atoms with Crippen molar-refractivity contribution in [3.8, 4) is 33.6 Å². The van der Waals surface area contributed by atoms with Gasteiger partial charge in [0, 0.05) is 12.1 Å². The molecular weight excluding hydrogens is 560 g/mol. The number of fused-ring (bicyclic) bond motifs is 1. The van der Waals surface area contributed by atoms with E-state index in [1.807, 2.05) is 38.1 Å². The first-order chi connectivity index (χ1) is 21.6. The molecule has 232 valence electrons. The summed E-state index contributed by atoms with van der Waals surface area (Å²) in [4.78, 5) is 31.1. The van der Waals surface area contributed by atoms with Crippen molar-refractivity contribution in [2.24, 2.45) is 11.8 Å². The fourth-order valence-electron chi connectivity index (χ4n) is 6.70. The third-order valence-corrected chi connectivity index (χ3v) is 9.01. The highest BCUT2D eigenvalue weighted by Gasteiger charge is 2.38. The fraction of sp³-hybridized carbons (Fsp3) is 0.378. The maximum absolute atomic E-state index is 12.9. The Morgan fingerprint density at radius 2 is 1.38 bits per heavy atom. The lowest BCUT2D eigenvalue weighted by atomic mass is 9.98. The van der Waals surface area contributed by atoms with E-state index in [9.17, 15) is 4.79 Å². The van der Waals surface area contributed by atoms with Gasteiger partial charge in [-0.15, -0.1) is 0 Å². The van der Waals surface area contributed by atoms with Gasteiger partial charge in [0.25, 0.3) is 0 Å². The quantitative estimate of drug-likeness (QED) is 0.188. The molecule has 2 saturated heterocycles. The van der Waals surface area contributed by atoms with Crippen LogP contribution in [0.1, 0.15) is 71.2 Å². The van der Waals surface area contributed by atoms with E-state index in [4.69, 9.17) is 9.72 Å². The van der Waals surface area contributed by atoms with Crippen molar-refractivity contribution in [3.05, 3.63) is 84.7 Å². The van der Waals surface area contributed by atoms with Crippen LogP contribution in [0.4, 0.5) is 4.79 Å². The molecule has 1 amide bonds. The minimum absolute atomic E-state index is 0.121. The third kappa shape index (κ3) is 6.12. The second-order valence-electron chi connectivity index (χ2n) is 14.0. The van der Waals surface area contributed by atoms with Gasteiger partial charge >= 0.3 is 6.09 Å². The van der Waals surface area contributed by atoms with Crippen LogP contribution >= 0.6 is 0 Å². The van der Waals surface area contributed by atoms with Gasteiger partial charge in [-0.2, -0.15) is 0 Å². The molecule has 8 heteroatoms. The van der Waals surface area contributed by atoms with Crippen molar-refractivity contribution in [1.82, 2.24) is 30.2 Å². The molecule has 0 bridgehead atoms. The molecule has 2 fully saturated rings. The van der Waals surface area contributed by atoms with Gasteiger partial charge in [-0.05, 0) is 91.6 Å². The minimum atomic E-state index is -0.534. The summed E-state index contributed by atoms with van der Waals surface area (Å²) in [5.41, 5.74) is 5.98. The summed E-state index contributed by atoms with van der Waals surface area (Å²) >= 11 is 0. The van der Waals surface area contributed by atoms with Crippen LogP contribution in [0.5, 0.6) is 0 Å². The van der Waals surface area contributed by atoms with E-state index >= 15 is 0 Å². The SMILES string of the molecule is C[C@@H]1C[C@@H](c2ncc(-c3ccc(-c4ccc5cc(-c6cnc([C@@H]7C[C@@H](C)CN7)[nH]6)ccc5c4)cc3)[nH]2)N(C(=O)OC(C)(C)C)C1. The van der Waals surface area contributed by atoms with Crippen LogP contribution in [0.25, 0.3) is 44.4 Å². The maximum atomic E-state index is 12.9. The summed E-state index contributed by atoms with van der Waals surface area (Å²) < 4.78 is 5.68. The molecule has 3 N–H and O–H groups in total. The number of nitrogens with one attached hydrogen (secondary N) is 3. The number of imidazole rings is 2. The first-order valence-corrected chi connectivity index (χ1v) is 16.1. The van der Waals surface area contributed by atoms with Crippen molar-refractivity contribution in [2.75, 3.05) is 13.1 Å². The monoisotopic (exact) mass is 602 g/mol. The number of H-pyrrole nitrogens is 2. The van der Waals surface area contributed by atoms with Gasteiger partial charge in [0.15, 0.2) is 0 Å². The molecule has 4 atom stereocenters. The molecule has 2 aromatic heterocycles. The van der Waals surface area contributed by atoms with Gasteiger partial charge < -0.3 is 20.0 Å². The Balaban J connectivity index is 1.06. The average Bonchev–Trinajstić information content (AvgIpc) is 3.83. The third-order valence-electron chi connectivity index (χ3n) is 9.01. The molecule has 0 unspecified atom stereocenters. The smallest absolute Gasteiger partial charge is 0.410 e. The van der Waals surface area contributed by atoms with E-state index in [2.05, 4.69) is 94.8 Å². The molecule has 45 heavy (non-hydrogen) atoms. The van der Waals surface area contributed by atoms with E-state index in [-0.39, 0.29) is 12.1 Å². The second kappa shape index (κ2) is 11.5. The maximum Gasteiger partial charge on any atom is 0.410 e. The topological polar surface area (TPSA) is 98.9 Å². The van der Waals surface area contributed by atoms with Gasteiger partial charge in [-0.25, -0.2) is 14.8 Å². The molecule has 0 spiro atoms. The molecule has 0 saturated carbocycles. The highest BCUT2D eigenvalue weighted by atomic mass is 16.6. The largest absolute Gasteiger partial charge is 0.444 e. The highest BCUT2D eigenvalue weighted by Crippen LogP contribution is 2.36. The Bertz CT molecular complexity index is 1830. The average molecular weight is 603 g/mol. The number of hydrogen-bond donors (Lipinski definition) is 3. The number of benzene rings is 3. The number of ether oxygens (including phenoxy) is 1. The second-order valence-corrected chi connectivity index (χ2v) is 14.0. The molecule has 2 aliphatic heterocycles. The summed E-state index contributed by atoms with van der Waals surface area (Å²) in [5.74, 6) is 2.88. The normalized spacial score (nSPS) is 21.9. The Kier molecular flexibility index (Phi) is 7.48.